The smallest absolute Gasteiger partial charge is 0.213 e. The zero-order valence-electron chi connectivity index (χ0n) is 11.2. The van der Waals surface area contributed by atoms with Gasteiger partial charge in [-0.2, -0.15) is 0 Å². The van der Waals surface area contributed by atoms with Gasteiger partial charge in [0.2, 0.25) is 10.0 Å². The SMILES string of the molecule is CC(CNS(=O)(=O)CC1CCCN1)N1CCCC1. The van der Waals surface area contributed by atoms with Crippen molar-refractivity contribution in [2.45, 2.75) is 44.7 Å². The standard InChI is InChI=1S/C12H25N3O2S/c1-11(15-7-2-3-8-15)9-14-18(16,17)10-12-5-4-6-13-12/h11-14H,2-10H2,1H3. The third-order valence-electron chi connectivity index (χ3n) is 3.95. The molecule has 2 heterocycles. The van der Waals surface area contributed by atoms with Crippen LogP contribution in [-0.4, -0.2) is 57.3 Å². The normalized spacial score (nSPS) is 27.7. The first-order valence-electron chi connectivity index (χ1n) is 7.01. The van der Waals surface area contributed by atoms with Crippen LogP contribution in [0.5, 0.6) is 0 Å². The lowest BCUT2D eigenvalue weighted by molar-refractivity contribution is 0.260. The predicted molar refractivity (Wildman–Crippen MR) is 73.1 cm³/mol. The second-order valence-electron chi connectivity index (χ2n) is 5.52. The Morgan fingerprint density at radius 1 is 1.33 bits per heavy atom. The van der Waals surface area contributed by atoms with E-state index in [4.69, 9.17) is 0 Å². The Balaban J connectivity index is 1.73. The van der Waals surface area contributed by atoms with Gasteiger partial charge < -0.3 is 5.32 Å². The van der Waals surface area contributed by atoms with E-state index in [1.165, 1.54) is 12.8 Å². The van der Waals surface area contributed by atoms with Crippen LogP contribution in [0.1, 0.15) is 32.6 Å². The average Bonchev–Trinajstić information content (AvgIpc) is 2.97. The topological polar surface area (TPSA) is 61.4 Å². The lowest BCUT2D eigenvalue weighted by Gasteiger charge is -2.24. The molecule has 0 aromatic rings. The summed E-state index contributed by atoms with van der Waals surface area (Å²) in [5.41, 5.74) is 0. The van der Waals surface area contributed by atoms with Gasteiger partial charge in [0.1, 0.15) is 0 Å². The van der Waals surface area contributed by atoms with Crippen molar-refractivity contribution in [3.63, 3.8) is 0 Å². The highest BCUT2D eigenvalue weighted by atomic mass is 32.2. The maximum Gasteiger partial charge on any atom is 0.213 e. The third kappa shape index (κ3) is 4.19. The van der Waals surface area contributed by atoms with Gasteiger partial charge in [-0.05, 0) is 52.2 Å². The van der Waals surface area contributed by atoms with Gasteiger partial charge in [0.25, 0.3) is 0 Å². The van der Waals surface area contributed by atoms with Crippen molar-refractivity contribution < 1.29 is 8.42 Å². The first-order valence-corrected chi connectivity index (χ1v) is 8.67. The molecule has 106 valence electrons. The van der Waals surface area contributed by atoms with Crippen molar-refractivity contribution in [3.8, 4) is 0 Å². The molecule has 0 aromatic carbocycles. The Hall–Kier alpha value is -0.170. The molecule has 0 amide bonds. The Bertz CT molecular complexity index is 346. The molecule has 2 rings (SSSR count). The molecular weight excluding hydrogens is 250 g/mol. The fourth-order valence-electron chi connectivity index (χ4n) is 2.78. The van der Waals surface area contributed by atoms with Gasteiger partial charge >= 0.3 is 0 Å². The largest absolute Gasteiger partial charge is 0.313 e. The van der Waals surface area contributed by atoms with E-state index in [9.17, 15) is 8.42 Å². The summed E-state index contributed by atoms with van der Waals surface area (Å²) in [4.78, 5) is 2.36. The van der Waals surface area contributed by atoms with Crippen molar-refractivity contribution in [1.29, 1.82) is 0 Å². The van der Waals surface area contributed by atoms with Crippen molar-refractivity contribution in [2.75, 3.05) is 31.9 Å². The third-order valence-corrected chi connectivity index (χ3v) is 5.39. The number of hydrogen-bond donors (Lipinski definition) is 2. The van der Waals surface area contributed by atoms with Gasteiger partial charge in [-0.25, -0.2) is 13.1 Å². The van der Waals surface area contributed by atoms with Gasteiger partial charge in [-0.3, -0.25) is 4.90 Å². The molecule has 0 bridgehead atoms. The predicted octanol–water partition coefficient (Wildman–Crippen LogP) is 0.142. The van der Waals surface area contributed by atoms with Gasteiger partial charge in [-0.15, -0.1) is 0 Å². The van der Waals surface area contributed by atoms with Crippen LogP contribution in [0, 0.1) is 0 Å². The molecule has 2 aliphatic heterocycles. The van der Waals surface area contributed by atoms with E-state index in [-0.39, 0.29) is 11.8 Å². The van der Waals surface area contributed by atoms with E-state index < -0.39 is 10.0 Å². The minimum atomic E-state index is -3.13. The van der Waals surface area contributed by atoms with Gasteiger partial charge in [0, 0.05) is 18.6 Å². The van der Waals surface area contributed by atoms with Gasteiger partial charge in [0.15, 0.2) is 0 Å². The summed E-state index contributed by atoms with van der Waals surface area (Å²) in [6.45, 7) is 5.79. The summed E-state index contributed by atoms with van der Waals surface area (Å²) in [6, 6.07) is 0.448. The monoisotopic (exact) mass is 275 g/mol. The van der Waals surface area contributed by atoms with Crippen LogP contribution in [0.25, 0.3) is 0 Å². The van der Waals surface area contributed by atoms with E-state index in [0.29, 0.717) is 12.6 Å². The van der Waals surface area contributed by atoms with Gasteiger partial charge in [-0.1, -0.05) is 0 Å². The molecule has 2 atom stereocenters. The van der Waals surface area contributed by atoms with Gasteiger partial charge in [0.05, 0.1) is 5.75 Å². The van der Waals surface area contributed by atoms with E-state index in [1.807, 2.05) is 0 Å². The molecule has 0 saturated carbocycles. The summed E-state index contributed by atoms with van der Waals surface area (Å²) in [6.07, 6.45) is 4.54. The fraction of sp³-hybridized carbons (Fsp3) is 1.00. The average molecular weight is 275 g/mol. The second kappa shape index (κ2) is 6.32. The maximum absolute atomic E-state index is 11.9. The molecule has 18 heavy (non-hydrogen) atoms. The number of rotatable bonds is 6. The van der Waals surface area contributed by atoms with Crippen LogP contribution >= 0.6 is 0 Å². The van der Waals surface area contributed by atoms with Crippen LogP contribution in [0.3, 0.4) is 0 Å². The molecule has 2 saturated heterocycles. The molecule has 2 unspecified atom stereocenters. The molecule has 0 spiro atoms. The van der Waals surface area contributed by atoms with E-state index in [2.05, 4.69) is 21.9 Å². The Labute approximate surface area is 110 Å². The Morgan fingerprint density at radius 3 is 2.67 bits per heavy atom. The molecule has 0 radical (unpaired) electrons. The fourth-order valence-corrected chi connectivity index (χ4v) is 4.21. The molecule has 2 fully saturated rings. The molecule has 2 aliphatic rings. The number of nitrogens with zero attached hydrogens (tertiary/aromatic N) is 1. The van der Waals surface area contributed by atoms with Crippen molar-refractivity contribution in [1.82, 2.24) is 14.9 Å². The summed E-state index contributed by atoms with van der Waals surface area (Å²) in [5, 5.41) is 3.23. The summed E-state index contributed by atoms with van der Waals surface area (Å²) in [5.74, 6) is 0.222. The summed E-state index contributed by atoms with van der Waals surface area (Å²) in [7, 11) is -3.13. The van der Waals surface area contributed by atoms with Crippen LogP contribution in [0.2, 0.25) is 0 Å². The Kier molecular flexibility index (Phi) is 5.00. The molecule has 6 heteroatoms. The van der Waals surface area contributed by atoms with Crippen LogP contribution < -0.4 is 10.0 Å². The number of nitrogens with one attached hydrogen (secondary N) is 2. The number of sulfonamides is 1. The highest BCUT2D eigenvalue weighted by Gasteiger charge is 2.24. The minimum absolute atomic E-state index is 0.143. The highest BCUT2D eigenvalue weighted by Crippen LogP contribution is 2.11. The summed E-state index contributed by atoms with van der Waals surface area (Å²) < 4.78 is 26.6. The molecule has 0 aliphatic carbocycles. The second-order valence-corrected chi connectivity index (χ2v) is 7.37. The molecular formula is C12H25N3O2S. The van der Waals surface area contributed by atoms with Crippen molar-refractivity contribution in [3.05, 3.63) is 0 Å². The highest BCUT2D eigenvalue weighted by molar-refractivity contribution is 7.89. The maximum atomic E-state index is 11.9. The van der Waals surface area contributed by atoms with Crippen molar-refractivity contribution in [2.24, 2.45) is 0 Å². The van der Waals surface area contributed by atoms with E-state index in [1.54, 1.807) is 0 Å². The molecule has 0 aromatic heterocycles. The Morgan fingerprint density at radius 2 is 2.06 bits per heavy atom. The van der Waals surface area contributed by atoms with Crippen LogP contribution in [0.4, 0.5) is 0 Å². The quantitative estimate of drug-likeness (QED) is 0.724. The van der Waals surface area contributed by atoms with Crippen molar-refractivity contribution >= 4 is 10.0 Å². The first-order chi connectivity index (χ1) is 8.57. The molecule has 5 nitrogen and oxygen atoms in total. The first kappa shape index (κ1) is 14.2. The van der Waals surface area contributed by atoms with Crippen LogP contribution in [0.15, 0.2) is 0 Å². The lowest BCUT2D eigenvalue weighted by Crippen LogP contribution is -2.43. The zero-order chi connectivity index (χ0) is 13.0. The zero-order valence-corrected chi connectivity index (χ0v) is 12.0. The number of likely N-dealkylation sites (tertiary alicyclic amines) is 1. The minimum Gasteiger partial charge on any atom is -0.313 e. The molecule has 2 N–H and O–H groups in total. The van der Waals surface area contributed by atoms with E-state index in [0.717, 1.165) is 32.5 Å². The van der Waals surface area contributed by atoms with E-state index >= 15 is 0 Å². The lowest BCUT2D eigenvalue weighted by atomic mass is 10.3. The number of hydrogen-bond acceptors (Lipinski definition) is 4. The summed E-state index contributed by atoms with van der Waals surface area (Å²) >= 11 is 0. The van der Waals surface area contributed by atoms with Crippen LogP contribution in [-0.2, 0) is 10.0 Å².